The number of ketones is 1. The molecule has 0 saturated heterocycles. The second-order valence-electron chi connectivity index (χ2n) is 7.84. The molecular weight excluding hydrogens is 276 g/mol. The lowest BCUT2D eigenvalue weighted by Crippen LogP contribution is -2.44. The molecular formula is C19H26O3. The molecule has 0 bridgehead atoms. The van der Waals surface area contributed by atoms with Gasteiger partial charge in [0.15, 0.2) is 0 Å². The molecule has 3 nitrogen and oxygen atoms in total. The monoisotopic (exact) mass is 302 g/mol. The van der Waals surface area contributed by atoms with Gasteiger partial charge in [0.1, 0.15) is 18.0 Å². The smallest absolute Gasteiger partial charge is 0.139 e. The summed E-state index contributed by atoms with van der Waals surface area (Å²) in [7, 11) is 1.66. The number of aliphatic hydroxyl groups is 1. The van der Waals surface area contributed by atoms with Crippen molar-refractivity contribution in [1.29, 1.82) is 0 Å². The van der Waals surface area contributed by atoms with E-state index in [0.717, 1.165) is 32.1 Å². The normalized spacial score (nSPS) is 47.2. The average Bonchev–Trinajstić information content (AvgIpc) is 2.82. The second kappa shape index (κ2) is 5.04. The fraction of sp³-hybridized carbons (Fsp3) is 0.737. The van der Waals surface area contributed by atoms with Crippen LogP contribution in [-0.4, -0.2) is 30.2 Å². The first-order chi connectivity index (χ1) is 10.5. The van der Waals surface area contributed by atoms with E-state index in [4.69, 9.17) is 4.74 Å². The van der Waals surface area contributed by atoms with Crippen molar-refractivity contribution >= 4 is 5.78 Å². The van der Waals surface area contributed by atoms with Crippen LogP contribution in [0, 0.1) is 23.2 Å². The molecule has 0 spiro atoms. The van der Waals surface area contributed by atoms with E-state index in [1.807, 2.05) is 6.08 Å². The Morgan fingerprint density at radius 1 is 1.23 bits per heavy atom. The maximum absolute atomic E-state index is 12.3. The predicted octanol–water partition coefficient (Wildman–Crippen LogP) is 3.03. The van der Waals surface area contributed by atoms with Gasteiger partial charge in [-0.3, -0.25) is 4.79 Å². The highest BCUT2D eigenvalue weighted by atomic mass is 16.5. The van der Waals surface area contributed by atoms with Crippen molar-refractivity contribution in [2.75, 3.05) is 7.11 Å². The lowest BCUT2D eigenvalue weighted by molar-refractivity contribution is -0.129. The number of aliphatic hydroxyl groups excluding tert-OH is 1. The van der Waals surface area contributed by atoms with Gasteiger partial charge in [0.2, 0.25) is 0 Å². The van der Waals surface area contributed by atoms with Crippen LogP contribution in [0.1, 0.15) is 45.4 Å². The third-order valence-electron chi connectivity index (χ3n) is 6.99. The molecule has 0 aromatic rings. The Hall–Kier alpha value is -0.930. The molecule has 3 fully saturated rings. The number of carbonyl (C=O) groups excluding carboxylic acids is 1. The fourth-order valence-corrected chi connectivity index (χ4v) is 5.75. The molecule has 6 unspecified atom stereocenters. The zero-order valence-electron chi connectivity index (χ0n) is 13.5. The largest absolute Gasteiger partial charge is 0.386 e. The van der Waals surface area contributed by atoms with Gasteiger partial charge in [-0.2, -0.15) is 0 Å². The van der Waals surface area contributed by atoms with Gasteiger partial charge < -0.3 is 9.84 Å². The Balaban J connectivity index is 1.65. The molecule has 0 radical (unpaired) electrons. The van der Waals surface area contributed by atoms with Gasteiger partial charge in [-0.1, -0.05) is 6.92 Å². The number of hydrogen-bond acceptors (Lipinski definition) is 3. The molecule has 4 aliphatic rings. The number of hydrogen-bond donors (Lipinski definition) is 1. The molecule has 0 aromatic heterocycles. The number of ether oxygens (including phenoxy) is 1. The average molecular weight is 302 g/mol. The van der Waals surface area contributed by atoms with Gasteiger partial charge >= 0.3 is 0 Å². The highest BCUT2D eigenvalue weighted by Crippen LogP contribution is 2.59. The van der Waals surface area contributed by atoms with Gasteiger partial charge in [0, 0.05) is 18.9 Å². The first-order valence-electron chi connectivity index (χ1n) is 8.71. The molecule has 0 amide bonds. The summed E-state index contributed by atoms with van der Waals surface area (Å²) in [4.78, 5) is 12.3. The van der Waals surface area contributed by atoms with Crippen molar-refractivity contribution in [2.45, 2.75) is 57.7 Å². The van der Waals surface area contributed by atoms with Crippen LogP contribution in [0.2, 0.25) is 0 Å². The van der Waals surface area contributed by atoms with Crippen molar-refractivity contribution in [3.05, 3.63) is 23.3 Å². The summed E-state index contributed by atoms with van der Waals surface area (Å²) in [6.45, 7) is 2.21. The zero-order chi connectivity index (χ0) is 15.5. The van der Waals surface area contributed by atoms with Gasteiger partial charge in [0.05, 0.1) is 0 Å². The minimum Gasteiger partial charge on any atom is -0.386 e. The second-order valence-corrected chi connectivity index (χ2v) is 7.84. The Kier molecular flexibility index (Phi) is 3.35. The first-order valence-corrected chi connectivity index (χ1v) is 8.71. The quantitative estimate of drug-likeness (QED) is 0.810. The lowest BCUT2D eigenvalue weighted by Gasteiger charge is -2.50. The SMILES string of the molecule is COC1C=C2CCC3C(CCC4(C)C(=O)CCC34)C2=CC1O. The molecule has 4 aliphatic carbocycles. The fourth-order valence-electron chi connectivity index (χ4n) is 5.75. The molecule has 1 N–H and O–H groups in total. The van der Waals surface area contributed by atoms with Crippen LogP contribution in [0.15, 0.2) is 23.3 Å². The standard InChI is InChI=1S/C19H26O3/c1-19-8-7-12-13(15(19)5-6-18(19)21)4-3-11-9-17(22-2)16(20)10-14(11)12/h9-10,12-13,15-17,20H,3-8H2,1-2H3. The summed E-state index contributed by atoms with van der Waals surface area (Å²) in [6, 6.07) is 0. The summed E-state index contributed by atoms with van der Waals surface area (Å²) in [6.07, 6.45) is 9.67. The number of carbonyl (C=O) groups is 1. The van der Waals surface area contributed by atoms with Crippen LogP contribution in [-0.2, 0) is 9.53 Å². The summed E-state index contributed by atoms with van der Waals surface area (Å²) < 4.78 is 5.37. The minimum absolute atomic E-state index is 0.0642. The summed E-state index contributed by atoms with van der Waals surface area (Å²) in [5.41, 5.74) is 2.68. The number of fused-ring (bicyclic) bond motifs is 5. The Bertz CT molecular complexity index is 561. The molecule has 4 rings (SSSR count). The zero-order valence-corrected chi connectivity index (χ0v) is 13.5. The highest BCUT2D eigenvalue weighted by molar-refractivity contribution is 5.87. The Labute approximate surface area is 132 Å². The van der Waals surface area contributed by atoms with Crippen molar-refractivity contribution in [3.8, 4) is 0 Å². The predicted molar refractivity (Wildman–Crippen MR) is 84.3 cm³/mol. The van der Waals surface area contributed by atoms with Crippen LogP contribution in [0.25, 0.3) is 0 Å². The number of methoxy groups -OCH3 is 1. The van der Waals surface area contributed by atoms with E-state index in [2.05, 4.69) is 13.0 Å². The minimum atomic E-state index is -0.527. The van der Waals surface area contributed by atoms with Crippen molar-refractivity contribution in [2.24, 2.45) is 23.2 Å². The first kappa shape index (κ1) is 14.6. The van der Waals surface area contributed by atoms with Gasteiger partial charge in [-0.25, -0.2) is 0 Å². The maximum atomic E-state index is 12.3. The third-order valence-corrected chi connectivity index (χ3v) is 6.99. The van der Waals surface area contributed by atoms with E-state index in [1.165, 1.54) is 17.6 Å². The highest BCUT2D eigenvalue weighted by Gasteiger charge is 2.55. The van der Waals surface area contributed by atoms with E-state index in [-0.39, 0.29) is 11.5 Å². The van der Waals surface area contributed by atoms with Crippen molar-refractivity contribution in [1.82, 2.24) is 0 Å². The topological polar surface area (TPSA) is 46.5 Å². The van der Waals surface area contributed by atoms with Gasteiger partial charge in [-0.05, 0) is 73.2 Å². The van der Waals surface area contributed by atoms with Gasteiger partial charge in [0.25, 0.3) is 0 Å². The van der Waals surface area contributed by atoms with Crippen LogP contribution in [0.5, 0.6) is 0 Å². The summed E-state index contributed by atoms with van der Waals surface area (Å²) in [5, 5.41) is 10.3. The van der Waals surface area contributed by atoms with Crippen LogP contribution in [0.3, 0.4) is 0 Å². The van der Waals surface area contributed by atoms with Crippen LogP contribution >= 0.6 is 0 Å². The Morgan fingerprint density at radius 2 is 2.05 bits per heavy atom. The molecule has 0 aliphatic heterocycles. The lowest BCUT2D eigenvalue weighted by atomic mass is 9.54. The summed E-state index contributed by atoms with van der Waals surface area (Å²) in [5.74, 6) is 2.21. The van der Waals surface area contributed by atoms with E-state index in [9.17, 15) is 9.90 Å². The molecule has 22 heavy (non-hydrogen) atoms. The van der Waals surface area contributed by atoms with Crippen molar-refractivity contribution in [3.63, 3.8) is 0 Å². The van der Waals surface area contributed by atoms with Crippen LogP contribution in [0.4, 0.5) is 0 Å². The van der Waals surface area contributed by atoms with Crippen LogP contribution < -0.4 is 0 Å². The molecule has 3 saturated carbocycles. The van der Waals surface area contributed by atoms with E-state index < -0.39 is 6.10 Å². The molecule has 120 valence electrons. The number of allylic oxidation sites excluding steroid dienone is 2. The van der Waals surface area contributed by atoms with Crippen molar-refractivity contribution < 1.29 is 14.6 Å². The number of Topliss-reactive ketones (excluding diaryl/α,β-unsaturated/α-hetero) is 1. The Morgan fingerprint density at radius 3 is 2.82 bits per heavy atom. The maximum Gasteiger partial charge on any atom is 0.139 e. The number of rotatable bonds is 1. The summed E-state index contributed by atoms with van der Waals surface area (Å²) >= 11 is 0. The molecule has 0 heterocycles. The van der Waals surface area contributed by atoms with E-state index >= 15 is 0 Å². The molecule has 0 aromatic carbocycles. The van der Waals surface area contributed by atoms with Gasteiger partial charge in [-0.15, -0.1) is 0 Å². The van der Waals surface area contributed by atoms with E-state index in [1.54, 1.807) is 7.11 Å². The third kappa shape index (κ3) is 1.91. The molecule has 6 atom stereocenters. The molecule has 3 heteroatoms. The van der Waals surface area contributed by atoms with E-state index in [0.29, 0.717) is 23.5 Å².